The van der Waals surface area contributed by atoms with Crippen LogP contribution in [0.3, 0.4) is 0 Å². The number of carbonyl (C=O) groups excluding carboxylic acids is 2. The number of nitrogens with two attached hydrogens (primary N) is 1. The summed E-state index contributed by atoms with van der Waals surface area (Å²) in [5.41, 5.74) is 5.68. The van der Waals surface area contributed by atoms with E-state index in [0.717, 1.165) is 5.56 Å². The van der Waals surface area contributed by atoms with Crippen molar-refractivity contribution in [3.8, 4) is 11.5 Å². The van der Waals surface area contributed by atoms with E-state index in [1.165, 1.54) is 6.33 Å². The van der Waals surface area contributed by atoms with Gasteiger partial charge in [-0.1, -0.05) is 0 Å². The molecule has 4 N–H and O–H groups in total. The second-order valence-corrected chi connectivity index (χ2v) is 7.58. The Morgan fingerprint density at radius 1 is 1.24 bits per heavy atom. The van der Waals surface area contributed by atoms with Crippen LogP contribution in [0, 0.1) is 10.1 Å². The molecule has 3 rings (SSSR count). The molecule has 0 radical (unpaired) electrons. The minimum Gasteiger partial charge on any atom is -0.497 e. The summed E-state index contributed by atoms with van der Waals surface area (Å²) in [6.45, 7) is 0.433. The van der Waals surface area contributed by atoms with E-state index < -0.39 is 22.8 Å². The molecule has 1 aliphatic heterocycles. The van der Waals surface area contributed by atoms with Crippen LogP contribution >= 0.6 is 0 Å². The normalized spacial score (nSPS) is 15.0. The molecular weight excluding hydrogens is 446 g/mol. The number of rotatable bonds is 11. The molecule has 13 heteroatoms. The molecule has 1 unspecified atom stereocenters. The fraction of sp³-hybridized carbons (Fsp3) is 0.429. The van der Waals surface area contributed by atoms with Gasteiger partial charge in [-0.05, 0) is 37.0 Å². The maximum Gasteiger partial charge on any atom is 0.353 e. The zero-order chi connectivity index (χ0) is 24.7. The summed E-state index contributed by atoms with van der Waals surface area (Å²) in [6, 6.07) is 4.75. The maximum absolute atomic E-state index is 12.5. The second-order valence-electron chi connectivity index (χ2n) is 7.58. The van der Waals surface area contributed by atoms with Crippen molar-refractivity contribution >= 4 is 29.1 Å². The number of amides is 2. The molecule has 0 bridgehead atoms. The van der Waals surface area contributed by atoms with Gasteiger partial charge in [0, 0.05) is 19.2 Å². The number of benzene rings is 1. The van der Waals surface area contributed by atoms with Crippen LogP contribution in [0.25, 0.3) is 0 Å². The Hall–Kier alpha value is -4.16. The van der Waals surface area contributed by atoms with E-state index in [0.29, 0.717) is 43.9 Å². The number of methoxy groups -OCH3 is 2. The summed E-state index contributed by atoms with van der Waals surface area (Å²) >= 11 is 0. The first-order valence-corrected chi connectivity index (χ1v) is 10.6. The van der Waals surface area contributed by atoms with Crippen LogP contribution in [0.1, 0.15) is 18.4 Å². The molecule has 34 heavy (non-hydrogen) atoms. The number of nitrogens with one attached hydrogen (secondary N) is 2. The van der Waals surface area contributed by atoms with Crippen molar-refractivity contribution in [2.75, 3.05) is 44.1 Å². The van der Waals surface area contributed by atoms with E-state index in [1.807, 2.05) is 12.1 Å². The van der Waals surface area contributed by atoms with Gasteiger partial charge in [-0.25, -0.2) is 9.97 Å². The van der Waals surface area contributed by atoms with Gasteiger partial charge in [0.2, 0.25) is 23.5 Å². The van der Waals surface area contributed by atoms with Gasteiger partial charge in [-0.2, -0.15) is 0 Å². The molecule has 1 atom stereocenters. The summed E-state index contributed by atoms with van der Waals surface area (Å²) in [5, 5.41) is 17.4. The molecule has 0 aliphatic carbocycles. The standard InChI is InChI=1S/C21H27N7O6/c1-33-14-8-13(9-15(10-14)34-2)5-6-23-19-18(28(31)32)20(26-12-25-19)27-7-3-4-16(27)21(30)24-11-17(22)29/h8-10,12,16H,3-7,11H2,1-2H3,(H2,22,29)(H,24,30)(H,23,25,26). The third-order valence-electron chi connectivity index (χ3n) is 5.37. The third kappa shape index (κ3) is 5.79. The van der Waals surface area contributed by atoms with E-state index in [-0.39, 0.29) is 23.9 Å². The van der Waals surface area contributed by atoms with Gasteiger partial charge in [0.1, 0.15) is 23.9 Å². The summed E-state index contributed by atoms with van der Waals surface area (Å²) in [5.74, 6) is 0.255. The second kappa shape index (κ2) is 11.1. The summed E-state index contributed by atoms with van der Waals surface area (Å²) in [6.07, 6.45) is 2.84. The van der Waals surface area contributed by atoms with Crippen molar-refractivity contribution in [1.29, 1.82) is 0 Å². The van der Waals surface area contributed by atoms with E-state index in [2.05, 4.69) is 20.6 Å². The van der Waals surface area contributed by atoms with E-state index in [9.17, 15) is 19.7 Å². The summed E-state index contributed by atoms with van der Waals surface area (Å²) < 4.78 is 10.5. The Morgan fingerprint density at radius 3 is 2.56 bits per heavy atom. The van der Waals surface area contributed by atoms with E-state index in [1.54, 1.807) is 25.2 Å². The Labute approximate surface area is 195 Å². The number of hydrogen-bond acceptors (Lipinski definition) is 10. The number of anilines is 2. The predicted octanol–water partition coefficient (Wildman–Crippen LogP) is 0.627. The first-order chi connectivity index (χ1) is 16.3. The third-order valence-corrected chi connectivity index (χ3v) is 5.37. The van der Waals surface area contributed by atoms with Crippen molar-refractivity contribution in [2.45, 2.75) is 25.3 Å². The van der Waals surface area contributed by atoms with Gasteiger partial charge in [0.25, 0.3) is 0 Å². The smallest absolute Gasteiger partial charge is 0.353 e. The lowest BCUT2D eigenvalue weighted by Crippen LogP contribution is -2.46. The molecule has 2 amide bonds. The fourth-order valence-corrected chi connectivity index (χ4v) is 3.80. The van der Waals surface area contributed by atoms with Crippen LogP contribution in [-0.2, 0) is 16.0 Å². The molecule has 13 nitrogen and oxygen atoms in total. The molecule has 2 aromatic rings. The van der Waals surface area contributed by atoms with Gasteiger partial charge in [0.05, 0.1) is 25.7 Å². The Bertz CT molecular complexity index is 1040. The summed E-state index contributed by atoms with van der Waals surface area (Å²) in [4.78, 5) is 44.6. The van der Waals surface area contributed by atoms with Crippen LogP contribution in [-0.4, -0.2) is 66.6 Å². The Balaban J connectivity index is 1.78. The van der Waals surface area contributed by atoms with Crippen molar-refractivity contribution in [3.63, 3.8) is 0 Å². The minimum atomic E-state index is -0.704. The molecule has 2 heterocycles. The molecular formula is C21H27N7O6. The lowest BCUT2D eigenvalue weighted by atomic mass is 10.1. The molecule has 1 aliphatic rings. The molecule has 0 spiro atoms. The monoisotopic (exact) mass is 473 g/mol. The molecule has 182 valence electrons. The van der Waals surface area contributed by atoms with Gasteiger partial charge in [-0.3, -0.25) is 19.7 Å². The Morgan fingerprint density at radius 2 is 1.94 bits per heavy atom. The average Bonchev–Trinajstić information content (AvgIpc) is 3.31. The first-order valence-electron chi connectivity index (χ1n) is 10.6. The maximum atomic E-state index is 12.5. The fourth-order valence-electron chi connectivity index (χ4n) is 3.80. The summed E-state index contributed by atoms with van der Waals surface area (Å²) in [7, 11) is 3.12. The van der Waals surface area contributed by atoms with Crippen LogP contribution in [0.2, 0.25) is 0 Å². The molecule has 1 aromatic carbocycles. The Kier molecular flexibility index (Phi) is 8.01. The largest absolute Gasteiger partial charge is 0.497 e. The molecule has 1 saturated heterocycles. The highest BCUT2D eigenvalue weighted by Gasteiger charge is 2.37. The highest BCUT2D eigenvalue weighted by atomic mass is 16.6. The van der Waals surface area contributed by atoms with Gasteiger partial charge in [0.15, 0.2) is 0 Å². The van der Waals surface area contributed by atoms with Crippen molar-refractivity contribution < 1.29 is 24.0 Å². The topological polar surface area (TPSA) is 175 Å². The lowest BCUT2D eigenvalue weighted by Gasteiger charge is -2.24. The predicted molar refractivity (Wildman–Crippen MR) is 123 cm³/mol. The van der Waals surface area contributed by atoms with Crippen molar-refractivity contribution in [1.82, 2.24) is 15.3 Å². The highest BCUT2D eigenvalue weighted by molar-refractivity contribution is 5.90. The number of hydrogen-bond donors (Lipinski definition) is 3. The number of nitrogens with zero attached hydrogens (tertiary/aromatic N) is 4. The van der Waals surface area contributed by atoms with Crippen molar-refractivity contribution in [3.05, 3.63) is 40.2 Å². The molecule has 0 saturated carbocycles. The highest BCUT2D eigenvalue weighted by Crippen LogP contribution is 2.35. The molecule has 1 aromatic heterocycles. The zero-order valence-electron chi connectivity index (χ0n) is 18.9. The SMILES string of the molecule is COc1cc(CCNc2ncnc(N3CCCC3C(=O)NCC(N)=O)c2[N+](=O)[O-])cc(OC)c1. The van der Waals surface area contributed by atoms with Crippen LogP contribution < -0.4 is 30.7 Å². The van der Waals surface area contributed by atoms with Crippen molar-refractivity contribution in [2.24, 2.45) is 5.73 Å². The number of carbonyl (C=O) groups is 2. The van der Waals surface area contributed by atoms with E-state index in [4.69, 9.17) is 15.2 Å². The number of primary amides is 1. The van der Waals surface area contributed by atoms with Gasteiger partial charge in [-0.15, -0.1) is 0 Å². The number of ether oxygens (including phenoxy) is 2. The average molecular weight is 473 g/mol. The lowest BCUT2D eigenvalue weighted by molar-refractivity contribution is -0.383. The van der Waals surface area contributed by atoms with Gasteiger partial charge >= 0.3 is 5.69 Å². The van der Waals surface area contributed by atoms with Crippen LogP contribution in [0.5, 0.6) is 11.5 Å². The van der Waals surface area contributed by atoms with E-state index >= 15 is 0 Å². The number of nitro groups is 1. The minimum absolute atomic E-state index is 0.0438. The number of aromatic nitrogens is 2. The van der Waals surface area contributed by atoms with Gasteiger partial charge < -0.3 is 30.7 Å². The first kappa shape index (κ1) is 24.5. The zero-order valence-corrected chi connectivity index (χ0v) is 18.9. The van der Waals surface area contributed by atoms with Crippen LogP contribution in [0.15, 0.2) is 24.5 Å². The molecule has 1 fully saturated rings. The quantitative estimate of drug-likeness (QED) is 0.310. The van der Waals surface area contributed by atoms with Crippen LogP contribution in [0.4, 0.5) is 17.3 Å².